The van der Waals surface area contributed by atoms with E-state index in [2.05, 4.69) is 5.32 Å². The predicted octanol–water partition coefficient (Wildman–Crippen LogP) is -0.290. The van der Waals surface area contributed by atoms with Crippen LogP contribution in [0.4, 0.5) is 0 Å². The molecule has 1 rings (SSSR count). The van der Waals surface area contributed by atoms with Crippen LogP contribution in [0.3, 0.4) is 0 Å². The van der Waals surface area contributed by atoms with Crippen LogP contribution in [-0.2, 0) is 0 Å². The summed E-state index contributed by atoms with van der Waals surface area (Å²) in [6.45, 7) is 0.946. The fourth-order valence-electron chi connectivity index (χ4n) is 0.496. The Hall–Kier alpha value is -0.380. The summed E-state index contributed by atoms with van der Waals surface area (Å²) in [4.78, 5) is 0. The van der Waals surface area contributed by atoms with Gasteiger partial charge in [0.05, 0.1) is 6.54 Å². The molecule has 0 atom stereocenters. The van der Waals surface area contributed by atoms with Crippen molar-refractivity contribution in [3.8, 4) is 0 Å². The second-order valence-corrected chi connectivity index (χ2v) is 2.63. The molecule has 0 unspecified atom stereocenters. The van der Waals surface area contributed by atoms with Crippen molar-refractivity contribution in [3.05, 3.63) is 0 Å². The van der Waals surface area contributed by atoms with Crippen LogP contribution in [0, 0.1) is 0 Å². The van der Waals surface area contributed by atoms with Crippen molar-refractivity contribution in [2.75, 3.05) is 18.2 Å². The van der Waals surface area contributed by atoms with Crippen LogP contribution in [0.25, 0.3) is 0 Å². The number of thioether (sulfide) groups is 1. The first kappa shape index (κ1) is 5.75. The maximum absolute atomic E-state index is 8.78. The molecule has 1 heterocycles. The molecule has 46 valence electrons. The van der Waals surface area contributed by atoms with Crippen molar-refractivity contribution >= 4 is 18.1 Å². The quantitative estimate of drug-likeness (QED) is 0.352. The molecular weight excluding hydrogens is 124 g/mol. The molecule has 2 N–H and O–H groups in total. The van der Waals surface area contributed by atoms with Crippen LogP contribution < -0.4 is 5.32 Å². The number of nitrogens with zero attached hydrogens (tertiary/aromatic N) is 1. The summed E-state index contributed by atoms with van der Waals surface area (Å²) in [6, 6.07) is 0. The Morgan fingerprint density at radius 2 is 2.62 bits per heavy atom. The molecule has 1 aliphatic rings. The van der Waals surface area contributed by atoms with E-state index >= 15 is 0 Å². The lowest BCUT2D eigenvalue weighted by Gasteiger charge is -1.88. The Kier molecular flexibility index (Phi) is 2.02. The number of hydroxylamine groups is 1. The molecule has 4 heteroatoms. The molecule has 0 saturated carbocycles. The highest BCUT2D eigenvalue weighted by molar-refractivity contribution is 7.99. The Morgan fingerprint density at radius 3 is 3.50 bits per heavy atom. The van der Waals surface area contributed by atoms with Crippen molar-refractivity contribution in [1.29, 1.82) is 0 Å². The van der Waals surface area contributed by atoms with E-state index in [4.69, 9.17) is 5.21 Å². The molecule has 0 aromatic rings. The molecule has 1 aliphatic heterocycles. The first-order chi connectivity index (χ1) is 3.89. The molecule has 3 nitrogen and oxygen atoms in total. The lowest BCUT2D eigenvalue weighted by Crippen LogP contribution is -2.18. The van der Waals surface area contributed by atoms with Gasteiger partial charge in [-0.05, 0) is 0 Å². The van der Waals surface area contributed by atoms with Gasteiger partial charge in [-0.25, -0.2) is 0 Å². The summed E-state index contributed by atoms with van der Waals surface area (Å²) < 4.78 is 1.15. The molecular formula is C4H9N2OS+. The summed E-state index contributed by atoms with van der Waals surface area (Å²) in [5.74, 6) is 1.74. The van der Waals surface area contributed by atoms with Crippen LogP contribution in [0.2, 0.25) is 0 Å². The van der Waals surface area contributed by atoms with Crippen LogP contribution in [0.15, 0.2) is 0 Å². The van der Waals surface area contributed by atoms with Gasteiger partial charge < -0.3 is 5.21 Å². The fraction of sp³-hybridized carbons (Fsp3) is 0.750. The zero-order valence-corrected chi connectivity index (χ0v) is 5.32. The number of rotatable bonds is 0. The van der Waals surface area contributed by atoms with Crippen molar-refractivity contribution in [2.45, 2.75) is 0 Å². The van der Waals surface area contributed by atoms with E-state index in [0.717, 1.165) is 17.0 Å². The van der Waals surface area contributed by atoms with Gasteiger partial charge in [0, 0.05) is 5.75 Å². The standard InChI is InChI=1S/C4H8N2OS/c7-6-3-5-1-2-8-4-6/h3,7H,1-2,4H2/p+1. The first-order valence-electron chi connectivity index (χ1n) is 2.49. The molecule has 0 amide bonds. The van der Waals surface area contributed by atoms with Crippen LogP contribution in [0.1, 0.15) is 0 Å². The summed E-state index contributed by atoms with van der Waals surface area (Å²) >= 11 is 1.71. The Morgan fingerprint density at radius 1 is 1.75 bits per heavy atom. The lowest BCUT2D eigenvalue weighted by atomic mass is 10.8. The van der Waals surface area contributed by atoms with E-state index in [1.807, 2.05) is 0 Å². The molecule has 0 bridgehead atoms. The maximum atomic E-state index is 8.78. The van der Waals surface area contributed by atoms with Gasteiger partial charge in [0.1, 0.15) is 0 Å². The van der Waals surface area contributed by atoms with E-state index in [1.54, 1.807) is 18.1 Å². The Labute approximate surface area is 52.4 Å². The third-order valence-corrected chi connectivity index (χ3v) is 1.79. The topological polar surface area (TPSA) is 35.3 Å². The van der Waals surface area contributed by atoms with Gasteiger partial charge in [-0.15, -0.1) is 11.8 Å². The maximum Gasteiger partial charge on any atom is 0.272 e. The van der Waals surface area contributed by atoms with Crippen LogP contribution >= 0.6 is 11.8 Å². The highest BCUT2D eigenvalue weighted by Crippen LogP contribution is 1.97. The van der Waals surface area contributed by atoms with Crippen molar-refractivity contribution < 1.29 is 9.95 Å². The number of nitrogens with one attached hydrogen (secondary N) is 1. The van der Waals surface area contributed by atoms with E-state index in [9.17, 15) is 0 Å². The van der Waals surface area contributed by atoms with Gasteiger partial charge in [-0.1, -0.05) is 4.74 Å². The molecule has 8 heavy (non-hydrogen) atoms. The third kappa shape index (κ3) is 1.61. The van der Waals surface area contributed by atoms with Gasteiger partial charge in [0.25, 0.3) is 6.34 Å². The van der Waals surface area contributed by atoms with Gasteiger partial charge in [0.2, 0.25) is 0 Å². The van der Waals surface area contributed by atoms with E-state index in [-0.39, 0.29) is 0 Å². The van der Waals surface area contributed by atoms with E-state index in [0.29, 0.717) is 5.88 Å². The van der Waals surface area contributed by atoms with Crippen LogP contribution in [-0.4, -0.2) is 34.5 Å². The fourth-order valence-corrected chi connectivity index (χ4v) is 1.15. The molecule has 0 spiro atoms. The molecule has 0 radical (unpaired) electrons. The molecule has 0 aliphatic carbocycles. The molecule has 0 aromatic carbocycles. The summed E-state index contributed by atoms with van der Waals surface area (Å²) in [5, 5.41) is 11.7. The monoisotopic (exact) mass is 133 g/mol. The third-order valence-electron chi connectivity index (χ3n) is 0.855. The highest BCUT2D eigenvalue weighted by Gasteiger charge is 2.01. The number of hydrogen-bond donors (Lipinski definition) is 2. The Bertz CT molecular complexity index is 104. The largest absolute Gasteiger partial charge is 0.354 e. The second kappa shape index (κ2) is 2.81. The van der Waals surface area contributed by atoms with Gasteiger partial charge in [-0.2, -0.15) is 0 Å². The van der Waals surface area contributed by atoms with Crippen molar-refractivity contribution in [3.63, 3.8) is 0 Å². The predicted molar refractivity (Wildman–Crippen MR) is 33.4 cm³/mol. The number of hydrogen-bond acceptors (Lipinski definition) is 3. The van der Waals surface area contributed by atoms with Gasteiger partial charge in [-0.3, -0.25) is 5.32 Å². The van der Waals surface area contributed by atoms with Gasteiger partial charge >= 0.3 is 0 Å². The average molecular weight is 133 g/mol. The first-order valence-corrected chi connectivity index (χ1v) is 3.65. The molecule has 0 aromatic heterocycles. The normalized spacial score (nSPS) is 20.8. The van der Waals surface area contributed by atoms with Gasteiger partial charge in [0.15, 0.2) is 5.88 Å². The zero-order chi connectivity index (χ0) is 5.82. The van der Waals surface area contributed by atoms with Crippen molar-refractivity contribution in [1.82, 2.24) is 5.32 Å². The summed E-state index contributed by atoms with van der Waals surface area (Å²) in [5.41, 5.74) is 0. The lowest BCUT2D eigenvalue weighted by molar-refractivity contribution is -0.759. The summed E-state index contributed by atoms with van der Waals surface area (Å²) in [7, 11) is 0. The minimum Gasteiger partial charge on any atom is -0.354 e. The second-order valence-electron chi connectivity index (χ2n) is 1.56. The summed E-state index contributed by atoms with van der Waals surface area (Å²) in [6.07, 6.45) is 1.58. The smallest absolute Gasteiger partial charge is 0.272 e. The van der Waals surface area contributed by atoms with E-state index < -0.39 is 0 Å². The SMILES string of the molecule is O[N+]1=CNCCSC1. The highest BCUT2D eigenvalue weighted by atomic mass is 32.2. The van der Waals surface area contributed by atoms with Crippen molar-refractivity contribution in [2.24, 2.45) is 0 Å². The zero-order valence-electron chi connectivity index (χ0n) is 4.50. The minimum absolute atomic E-state index is 0.674. The molecule has 0 saturated heterocycles. The van der Waals surface area contributed by atoms with Crippen LogP contribution in [0.5, 0.6) is 0 Å². The average Bonchev–Trinajstić information content (AvgIpc) is 1.94. The van der Waals surface area contributed by atoms with E-state index in [1.165, 1.54) is 0 Å². The Balaban J connectivity index is 2.36. The minimum atomic E-state index is 0.674. The molecule has 0 fully saturated rings.